The minimum absolute atomic E-state index is 0.165. The number of hydrogen-bond donors (Lipinski definition) is 1. The number of nitrogens with one attached hydrogen (secondary N) is 1. The van der Waals surface area contributed by atoms with Crippen LogP contribution in [0.1, 0.15) is 32.3 Å². The second-order valence-corrected chi connectivity index (χ2v) is 5.58. The molecule has 128 valence electrons. The highest BCUT2D eigenvalue weighted by Gasteiger charge is 2.06. The van der Waals surface area contributed by atoms with Crippen molar-refractivity contribution < 1.29 is 13.9 Å². The van der Waals surface area contributed by atoms with Crippen LogP contribution in [0, 0.1) is 12.8 Å². The van der Waals surface area contributed by atoms with Crippen LogP contribution in [-0.4, -0.2) is 18.7 Å². The number of hydrazone groups is 1. The van der Waals surface area contributed by atoms with Gasteiger partial charge < -0.3 is 9.15 Å². The van der Waals surface area contributed by atoms with E-state index < -0.39 is 5.63 Å². The largest absolute Gasteiger partial charge is 0.484 e. The van der Waals surface area contributed by atoms with Gasteiger partial charge in [-0.05, 0) is 43.4 Å². The molecule has 6 heteroatoms. The Morgan fingerprint density at radius 3 is 2.79 bits per heavy atom. The van der Waals surface area contributed by atoms with Crippen LogP contribution in [0.2, 0.25) is 0 Å². The first-order chi connectivity index (χ1) is 11.5. The maximum Gasteiger partial charge on any atom is 0.336 e. The summed E-state index contributed by atoms with van der Waals surface area (Å²) in [5, 5.41) is 4.77. The van der Waals surface area contributed by atoms with Crippen molar-refractivity contribution in [3.05, 3.63) is 40.2 Å². The summed E-state index contributed by atoms with van der Waals surface area (Å²) in [7, 11) is 0. The van der Waals surface area contributed by atoms with Gasteiger partial charge in [-0.15, -0.1) is 0 Å². The molecule has 0 spiro atoms. The third kappa shape index (κ3) is 4.68. The maximum atomic E-state index is 11.7. The van der Waals surface area contributed by atoms with Gasteiger partial charge in [0.1, 0.15) is 11.3 Å². The second kappa shape index (κ2) is 8.29. The summed E-state index contributed by atoms with van der Waals surface area (Å²) >= 11 is 0. The highest BCUT2D eigenvalue weighted by atomic mass is 16.5. The zero-order chi connectivity index (χ0) is 17.5. The zero-order valence-electron chi connectivity index (χ0n) is 14.2. The quantitative estimate of drug-likeness (QED) is 0.481. The molecule has 0 atom stereocenters. The maximum absolute atomic E-state index is 11.7. The lowest BCUT2D eigenvalue weighted by atomic mass is 10.1. The Morgan fingerprint density at radius 1 is 1.33 bits per heavy atom. The van der Waals surface area contributed by atoms with E-state index in [1.807, 2.05) is 6.92 Å². The molecule has 0 unspecified atom stereocenters. The molecule has 24 heavy (non-hydrogen) atoms. The molecule has 0 saturated carbocycles. The lowest BCUT2D eigenvalue weighted by Gasteiger charge is -2.07. The molecule has 0 aliphatic rings. The monoisotopic (exact) mass is 330 g/mol. The van der Waals surface area contributed by atoms with E-state index in [-0.39, 0.29) is 12.5 Å². The first kappa shape index (κ1) is 17.7. The van der Waals surface area contributed by atoms with Gasteiger partial charge in [0.15, 0.2) is 6.61 Å². The average molecular weight is 330 g/mol. The van der Waals surface area contributed by atoms with E-state index >= 15 is 0 Å². The molecule has 6 nitrogen and oxygen atoms in total. The Kier molecular flexibility index (Phi) is 6.12. The molecule has 0 aliphatic carbocycles. The molecule has 1 aromatic heterocycles. The summed E-state index contributed by atoms with van der Waals surface area (Å²) in [4.78, 5) is 23.1. The normalized spacial score (nSPS) is 11.3. The number of rotatable bonds is 7. The number of aryl methyl sites for hydroxylation is 1. The minimum Gasteiger partial charge on any atom is -0.484 e. The molecule has 1 N–H and O–H groups in total. The topological polar surface area (TPSA) is 80.9 Å². The number of ether oxygens (including phenoxy) is 1. The summed E-state index contributed by atoms with van der Waals surface area (Å²) in [6, 6.07) is 6.57. The van der Waals surface area contributed by atoms with E-state index in [0.29, 0.717) is 17.3 Å². The molecule has 0 radical (unpaired) electrons. The Bertz CT molecular complexity index is 791. The van der Waals surface area contributed by atoms with Gasteiger partial charge in [0.2, 0.25) is 0 Å². The van der Waals surface area contributed by atoms with E-state index in [1.165, 1.54) is 6.07 Å². The standard InChI is InChI=1S/C18H22N2O4/c1-4-13(5-2)10-19-20-17(21)11-23-14-6-7-15-12(3)8-18(22)24-16(15)9-14/h6-10,13H,4-5,11H2,1-3H3,(H,20,21)/b19-10-. The zero-order valence-corrected chi connectivity index (χ0v) is 14.2. The second-order valence-electron chi connectivity index (χ2n) is 5.58. The number of carbonyl (C=O) groups is 1. The van der Waals surface area contributed by atoms with Gasteiger partial charge >= 0.3 is 5.63 Å². The fourth-order valence-corrected chi connectivity index (χ4v) is 2.29. The summed E-state index contributed by atoms with van der Waals surface area (Å²) in [6.45, 7) is 5.82. The first-order valence-corrected chi connectivity index (χ1v) is 8.02. The molecular formula is C18H22N2O4. The molecule has 1 heterocycles. The minimum atomic E-state index is -0.411. The van der Waals surface area contributed by atoms with Crippen LogP contribution in [0.5, 0.6) is 5.75 Å². The van der Waals surface area contributed by atoms with E-state index in [1.54, 1.807) is 24.4 Å². The first-order valence-electron chi connectivity index (χ1n) is 8.02. The average Bonchev–Trinajstić information content (AvgIpc) is 2.56. The Hall–Kier alpha value is -2.63. The fourth-order valence-electron chi connectivity index (χ4n) is 2.29. The number of nitrogens with zero attached hydrogens (tertiary/aromatic N) is 1. The van der Waals surface area contributed by atoms with Crippen LogP contribution in [-0.2, 0) is 4.79 Å². The van der Waals surface area contributed by atoms with Crippen LogP contribution in [0.4, 0.5) is 0 Å². The van der Waals surface area contributed by atoms with Crippen molar-refractivity contribution in [2.45, 2.75) is 33.6 Å². The van der Waals surface area contributed by atoms with Crippen LogP contribution < -0.4 is 15.8 Å². The Morgan fingerprint density at radius 2 is 2.08 bits per heavy atom. The van der Waals surface area contributed by atoms with Gasteiger partial charge in [-0.2, -0.15) is 5.10 Å². The third-order valence-electron chi connectivity index (χ3n) is 3.82. The number of benzene rings is 1. The van der Waals surface area contributed by atoms with Gasteiger partial charge in [-0.1, -0.05) is 13.8 Å². The number of amides is 1. The number of fused-ring (bicyclic) bond motifs is 1. The number of carbonyl (C=O) groups excluding carboxylic acids is 1. The van der Waals surface area contributed by atoms with Crippen LogP contribution in [0.15, 0.2) is 38.6 Å². The van der Waals surface area contributed by atoms with Gasteiger partial charge in [0, 0.05) is 23.7 Å². The molecule has 0 saturated heterocycles. The van der Waals surface area contributed by atoms with Gasteiger partial charge in [-0.3, -0.25) is 4.79 Å². The SMILES string of the molecule is CCC(/C=N\NC(=O)COc1ccc2c(C)cc(=O)oc2c1)CC. The lowest BCUT2D eigenvalue weighted by molar-refractivity contribution is -0.123. The predicted octanol–water partition coefficient (Wildman–Crippen LogP) is 3.02. The fraction of sp³-hybridized carbons (Fsp3) is 0.389. The van der Waals surface area contributed by atoms with Crippen LogP contribution >= 0.6 is 0 Å². The molecule has 0 fully saturated rings. The van der Waals surface area contributed by atoms with E-state index in [9.17, 15) is 9.59 Å². The molecule has 0 aliphatic heterocycles. The molecule has 2 aromatic rings. The van der Waals surface area contributed by atoms with Gasteiger partial charge in [-0.25, -0.2) is 10.2 Å². The van der Waals surface area contributed by atoms with Crippen molar-refractivity contribution in [2.75, 3.05) is 6.61 Å². The smallest absolute Gasteiger partial charge is 0.336 e. The van der Waals surface area contributed by atoms with Gasteiger partial charge in [0.25, 0.3) is 5.91 Å². The summed E-state index contributed by atoms with van der Waals surface area (Å²) in [6.07, 6.45) is 3.70. The van der Waals surface area contributed by atoms with Crippen LogP contribution in [0.25, 0.3) is 11.0 Å². The highest BCUT2D eigenvalue weighted by Crippen LogP contribution is 2.22. The van der Waals surface area contributed by atoms with Crippen molar-refractivity contribution in [1.82, 2.24) is 5.43 Å². The molecule has 1 amide bonds. The van der Waals surface area contributed by atoms with E-state index in [2.05, 4.69) is 24.4 Å². The van der Waals surface area contributed by atoms with Crippen molar-refractivity contribution in [2.24, 2.45) is 11.0 Å². The Balaban J connectivity index is 1.95. The van der Waals surface area contributed by atoms with Crippen molar-refractivity contribution in [3.8, 4) is 5.75 Å². The van der Waals surface area contributed by atoms with Gasteiger partial charge in [0.05, 0.1) is 0 Å². The lowest BCUT2D eigenvalue weighted by Crippen LogP contribution is -2.25. The predicted molar refractivity (Wildman–Crippen MR) is 93.4 cm³/mol. The third-order valence-corrected chi connectivity index (χ3v) is 3.82. The summed E-state index contributed by atoms with van der Waals surface area (Å²) in [5.41, 5.74) is 3.30. The van der Waals surface area contributed by atoms with Crippen molar-refractivity contribution >= 4 is 23.1 Å². The van der Waals surface area contributed by atoms with Crippen molar-refractivity contribution in [3.63, 3.8) is 0 Å². The van der Waals surface area contributed by atoms with E-state index in [4.69, 9.17) is 9.15 Å². The molecule has 2 rings (SSSR count). The highest BCUT2D eigenvalue weighted by molar-refractivity contribution is 5.82. The molecule has 1 aromatic carbocycles. The Labute approximate surface area is 140 Å². The summed E-state index contributed by atoms with van der Waals surface area (Å²) < 4.78 is 10.6. The number of hydrogen-bond acceptors (Lipinski definition) is 5. The van der Waals surface area contributed by atoms with Crippen LogP contribution in [0.3, 0.4) is 0 Å². The molecular weight excluding hydrogens is 308 g/mol. The van der Waals surface area contributed by atoms with E-state index in [0.717, 1.165) is 23.8 Å². The van der Waals surface area contributed by atoms with Crippen molar-refractivity contribution in [1.29, 1.82) is 0 Å². The molecule has 0 bridgehead atoms. The summed E-state index contributed by atoms with van der Waals surface area (Å²) in [5.74, 6) is 0.469.